The summed E-state index contributed by atoms with van der Waals surface area (Å²) in [5.41, 5.74) is 8.32. The molecule has 2 heterocycles. The lowest BCUT2D eigenvalue weighted by atomic mass is 10.1. The van der Waals surface area contributed by atoms with E-state index in [2.05, 4.69) is 46.1 Å². The highest BCUT2D eigenvalue weighted by Gasteiger charge is 2.13. The molecule has 1 fully saturated rings. The summed E-state index contributed by atoms with van der Waals surface area (Å²) >= 11 is 0. The molecule has 0 radical (unpaired) electrons. The van der Waals surface area contributed by atoms with E-state index >= 15 is 0 Å². The van der Waals surface area contributed by atoms with Crippen LogP contribution in [-0.4, -0.2) is 52.6 Å². The van der Waals surface area contributed by atoms with Gasteiger partial charge in [-0.05, 0) is 18.2 Å². The van der Waals surface area contributed by atoms with Crippen LogP contribution in [0, 0.1) is 0 Å². The number of nitrogens with two attached hydrogens (primary N) is 1. The van der Waals surface area contributed by atoms with Gasteiger partial charge in [0.25, 0.3) is 0 Å². The Hall–Kier alpha value is -1.85. The molecule has 1 aliphatic heterocycles. The molecule has 1 aliphatic rings. The highest BCUT2D eigenvalue weighted by Crippen LogP contribution is 2.12. The maximum atomic E-state index is 5.65. The maximum Gasteiger partial charge on any atom is 0.141 e. The largest absolute Gasteiger partial charge is 0.382 e. The fraction of sp³-hybridized carbons (Fsp3) is 0.438. The van der Waals surface area contributed by atoms with E-state index in [1.807, 2.05) is 10.8 Å². The smallest absolute Gasteiger partial charge is 0.141 e. The predicted octanol–water partition coefficient (Wildman–Crippen LogP) is 1.26. The first-order chi connectivity index (χ1) is 10.2. The lowest BCUT2D eigenvalue weighted by molar-refractivity contribution is 0.148. The van der Waals surface area contributed by atoms with Gasteiger partial charge in [0.05, 0.1) is 6.33 Å². The Morgan fingerprint density at radius 3 is 2.48 bits per heavy atom. The van der Waals surface area contributed by atoms with Crippen LogP contribution in [0.2, 0.25) is 0 Å². The molecule has 5 heteroatoms. The third-order valence-corrected chi connectivity index (χ3v) is 4.01. The van der Waals surface area contributed by atoms with E-state index in [0.29, 0.717) is 5.82 Å². The van der Waals surface area contributed by atoms with E-state index in [-0.39, 0.29) is 0 Å². The minimum absolute atomic E-state index is 0.573. The Kier molecular flexibility index (Phi) is 4.22. The molecule has 5 nitrogen and oxygen atoms in total. The fourth-order valence-electron chi connectivity index (χ4n) is 2.77. The van der Waals surface area contributed by atoms with Crippen LogP contribution in [0.15, 0.2) is 36.8 Å². The van der Waals surface area contributed by atoms with E-state index in [1.165, 1.54) is 11.1 Å². The molecule has 0 saturated carbocycles. The average molecular weight is 285 g/mol. The van der Waals surface area contributed by atoms with E-state index in [4.69, 9.17) is 5.73 Å². The maximum absolute atomic E-state index is 5.65. The van der Waals surface area contributed by atoms with Gasteiger partial charge in [-0.25, -0.2) is 4.98 Å². The minimum atomic E-state index is 0.573. The van der Waals surface area contributed by atoms with Crippen LogP contribution in [0.25, 0.3) is 0 Å². The standard InChI is InChI=1S/C16H23N5/c1-19-5-7-20(8-6-19)10-14-3-2-4-15(9-14)11-21-12-16(17)18-13-21/h2-4,9,12-13H,5-8,10-11,17H2,1H3. The number of imidazole rings is 1. The summed E-state index contributed by atoms with van der Waals surface area (Å²) in [5.74, 6) is 0.573. The Bertz CT molecular complexity index is 584. The van der Waals surface area contributed by atoms with Crippen molar-refractivity contribution in [3.8, 4) is 0 Å². The number of nitrogens with zero attached hydrogens (tertiary/aromatic N) is 4. The zero-order valence-electron chi connectivity index (χ0n) is 12.6. The highest BCUT2D eigenvalue weighted by molar-refractivity contribution is 5.26. The third-order valence-electron chi connectivity index (χ3n) is 4.01. The van der Waals surface area contributed by atoms with E-state index < -0.39 is 0 Å². The minimum Gasteiger partial charge on any atom is -0.382 e. The van der Waals surface area contributed by atoms with Crippen molar-refractivity contribution in [3.63, 3.8) is 0 Å². The summed E-state index contributed by atoms with van der Waals surface area (Å²) in [5, 5.41) is 0. The van der Waals surface area contributed by atoms with E-state index in [1.54, 1.807) is 6.33 Å². The summed E-state index contributed by atoms with van der Waals surface area (Å²) < 4.78 is 2.02. The Morgan fingerprint density at radius 1 is 1.10 bits per heavy atom. The van der Waals surface area contributed by atoms with Crippen LogP contribution in [0.1, 0.15) is 11.1 Å². The van der Waals surface area contributed by atoms with Crippen molar-refractivity contribution in [1.82, 2.24) is 19.4 Å². The van der Waals surface area contributed by atoms with Crippen LogP contribution < -0.4 is 5.73 Å². The number of aromatic nitrogens is 2. The molecule has 1 saturated heterocycles. The van der Waals surface area contributed by atoms with Gasteiger partial charge in [-0.1, -0.05) is 24.3 Å². The summed E-state index contributed by atoms with van der Waals surface area (Å²) in [4.78, 5) is 8.97. The molecule has 0 bridgehead atoms. The van der Waals surface area contributed by atoms with Crippen molar-refractivity contribution >= 4 is 5.82 Å². The van der Waals surface area contributed by atoms with Gasteiger partial charge in [-0.2, -0.15) is 0 Å². The number of anilines is 1. The van der Waals surface area contributed by atoms with Gasteiger partial charge in [0, 0.05) is 45.5 Å². The summed E-state index contributed by atoms with van der Waals surface area (Å²) in [6, 6.07) is 8.79. The molecule has 21 heavy (non-hydrogen) atoms. The fourth-order valence-corrected chi connectivity index (χ4v) is 2.77. The summed E-state index contributed by atoms with van der Waals surface area (Å²) in [7, 11) is 2.19. The number of nitrogen functional groups attached to an aromatic ring is 1. The quantitative estimate of drug-likeness (QED) is 0.919. The molecule has 2 aromatic rings. The second-order valence-electron chi connectivity index (χ2n) is 5.87. The monoisotopic (exact) mass is 285 g/mol. The van der Waals surface area contributed by atoms with Gasteiger partial charge in [0.1, 0.15) is 5.82 Å². The van der Waals surface area contributed by atoms with Crippen LogP contribution in [0.5, 0.6) is 0 Å². The molecule has 0 atom stereocenters. The number of hydrogen-bond acceptors (Lipinski definition) is 4. The molecule has 1 aromatic heterocycles. The Morgan fingerprint density at radius 2 is 1.81 bits per heavy atom. The first kappa shape index (κ1) is 14.1. The molecule has 2 N–H and O–H groups in total. The van der Waals surface area contributed by atoms with E-state index in [9.17, 15) is 0 Å². The van der Waals surface area contributed by atoms with Crippen LogP contribution >= 0.6 is 0 Å². The van der Waals surface area contributed by atoms with Gasteiger partial charge < -0.3 is 15.2 Å². The molecule has 0 amide bonds. The Labute approximate surface area is 126 Å². The number of rotatable bonds is 4. The second-order valence-corrected chi connectivity index (χ2v) is 5.87. The number of likely N-dealkylation sites (N-methyl/N-ethyl adjacent to an activating group) is 1. The van der Waals surface area contributed by atoms with Gasteiger partial charge in [-0.3, -0.25) is 4.90 Å². The van der Waals surface area contributed by atoms with Gasteiger partial charge >= 0.3 is 0 Å². The molecular formula is C16H23N5. The SMILES string of the molecule is CN1CCN(Cc2cccc(Cn3cnc(N)c3)c2)CC1. The predicted molar refractivity (Wildman–Crippen MR) is 85.0 cm³/mol. The zero-order valence-corrected chi connectivity index (χ0v) is 12.6. The molecular weight excluding hydrogens is 262 g/mol. The Balaban J connectivity index is 1.63. The first-order valence-corrected chi connectivity index (χ1v) is 7.45. The number of benzene rings is 1. The van der Waals surface area contributed by atoms with Gasteiger partial charge in [0.2, 0.25) is 0 Å². The summed E-state index contributed by atoms with van der Waals surface area (Å²) in [6.07, 6.45) is 3.65. The van der Waals surface area contributed by atoms with Crippen molar-refractivity contribution in [2.24, 2.45) is 0 Å². The normalized spacial score (nSPS) is 17.2. The van der Waals surface area contributed by atoms with Crippen molar-refractivity contribution in [3.05, 3.63) is 47.9 Å². The summed E-state index contributed by atoms with van der Waals surface area (Å²) in [6.45, 7) is 6.48. The lowest BCUT2D eigenvalue weighted by Crippen LogP contribution is -2.43. The number of piperazine rings is 1. The van der Waals surface area contributed by atoms with Crippen molar-refractivity contribution in [1.29, 1.82) is 0 Å². The van der Waals surface area contributed by atoms with E-state index in [0.717, 1.165) is 39.3 Å². The molecule has 112 valence electrons. The zero-order chi connectivity index (χ0) is 14.7. The number of hydrogen-bond donors (Lipinski definition) is 1. The first-order valence-electron chi connectivity index (χ1n) is 7.45. The van der Waals surface area contributed by atoms with Gasteiger partial charge in [0.15, 0.2) is 0 Å². The van der Waals surface area contributed by atoms with Crippen molar-refractivity contribution in [2.45, 2.75) is 13.1 Å². The van der Waals surface area contributed by atoms with Crippen LogP contribution in [-0.2, 0) is 13.1 Å². The van der Waals surface area contributed by atoms with Crippen LogP contribution in [0.3, 0.4) is 0 Å². The van der Waals surface area contributed by atoms with Crippen LogP contribution in [0.4, 0.5) is 5.82 Å². The lowest BCUT2D eigenvalue weighted by Gasteiger charge is -2.32. The second kappa shape index (κ2) is 6.28. The molecule has 1 aromatic carbocycles. The third kappa shape index (κ3) is 3.83. The topological polar surface area (TPSA) is 50.3 Å². The molecule has 3 rings (SSSR count). The van der Waals surface area contributed by atoms with Gasteiger partial charge in [-0.15, -0.1) is 0 Å². The molecule has 0 unspecified atom stereocenters. The average Bonchev–Trinajstić information content (AvgIpc) is 2.87. The highest BCUT2D eigenvalue weighted by atomic mass is 15.2. The molecule has 0 spiro atoms. The molecule has 0 aliphatic carbocycles. The van der Waals surface area contributed by atoms with Crippen molar-refractivity contribution < 1.29 is 0 Å². The van der Waals surface area contributed by atoms with Crippen molar-refractivity contribution in [2.75, 3.05) is 39.0 Å².